The van der Waals surface area contributed by atoms with E-state index in [1.165, 1.54) is 0 Å². The number of thiol groups is 1. The lowest BCUT2D eigenvalue weighted by molar-refractivity contribution is -0.139. The van der Waals surface area contributed by atoms with Crippen molar-refractivity contribution in [2.45, 2.75) is 31.0 Å². The van der Waals surface area contributed by atoms with E-state index in [9.17, 15) is 14.4 Å². The maximum absolute atomic E-state index is 10.4. The molecule has 0 aliphatic carbocycles. The van der Waals surface area contributed by atoms with Crippen molar-refractivity contribution in [3.63, 3.8) is 0 Å². The van der Waals surface area contributed by atoms with Gasteiger partial charge in [-0.2, -0.15) is 12.6 Å². The summed E-state index contributed by atoms with van der Waals surface area (Å²) in [7, 11) is 0. The molecule has 0 radical (unpaired) electrons. The van der Waals surface area contributed by atoms with Gasteiger partial charge in [0.2, 0.25) is 0 Å². The largest absolute Gasteiger partial charge is 0.480 e. The Bertz CT molecular complexity index is 735. The highest BCUT2D eigenvalue weighted by Crippen LogP contribution is 2.02. The number of hydrogen-bond acceptors (Lipinski definition) is 7. The molecule has 0 fully saturated rings. The van der Waals surface area contributed by atoms with Crippen LogP contribution in [0.2, 0.25) is 0 Å². The third-order valence-electron chi connectivity index (χ3n) is 3.75. The fourth-order valence-corrected chi connectivity index (χ4v) is 2.14. The molecule has 0 aliphatic rings. The highest BCUT2D eigenvalue weighted by molar-refractivity contribution is 7.80. The van der Waals surface area contributed by atoms with Gasteiger partial charge in [0, 0.05) is 5.75 Å². The first kappa shape index (κ1) is 28.1. The predicted octanol–water partition coefficient (Wildman–Crippen LogP) is 0.610. The van der Waals surface area contributed by atoms with Crippen LogP contribution in [0.4, 0.5) is 0 Å². The number of aliphatic carboxylic acids is 3. The van der Waals surface area contributed by atoms with Crippen molar-refractivity contribution in [1.29, 1.82) is 0 Å². The summed E-state index contributed by atoms with van der Waals surface area (Å²) in [6.45, 7) is 0. The number of nitrogens with two attached hydrogens (primary N) is 3. The minimum Gasteiger partial charge on any atom is -0.480 e. The zero-order valence-electron chi connectivity index (χ0n) is 16.9. The second-order valence-corrected chi connectivity index (χ2v) is 6.76. The molecule has 2 aromatic rings. The second kappa shape index (κ2) is 15.9. The van der Waals surface area contributed by atoms with E-state index in [0.29, 0.717) is 12.8 Å². The third kappa shape index (κ3) is 13.8. The molecular weight excluding hydrogens is 422 g/mol. The summed E-state index contributed by atoms with van der Waals surface area (Å²) in [5.41, 5.74) is 17.5. The topological polar surface area (TPSA) is 190 Å². The Labute approximate surface area is 186 Å². The number of carboxylic acids is 3. The molecule has 0 bridgehead atoms. The van der Waals surface area contributed by atoms with Crippen molar-refractivity contribution in [3.8, 4) is 0 Å². The quantitative estimate of drug-likeness (QED) is 0.282. The van der Waals surface area contributed by atoms with Gasteiger partial charge in [0.1, 0.15) is 18.1 Å². The van der Waals surface area contributed by atoms with E-state index in [4.69, 9.17) is 32.5 Å². The SMILES string of the molecule is N[C@@H](CS)C(=O)O.N[C@@H](Cc1ccccc1)C(=O)O.N[C@@H](Cc1ccccc1)C(=O)O. The average molecular weight is 452 g/mol. The van der Waals surface area contributed by atoms with Gasteiger partial charge in [-0.05, 0) is 24.0 Å². The zero-order chi connectivity index (χ0) is 23.8. The molecule has 170 valence electrons. The lowest BCUT2D eigenvalue weighted by Crippen LogP contribution is -2.32. The van der Waals surface area contributed by atoms with Gasteiger partial charge < -0.3 is 32.5 Å². The van der Waals surface area contributed by atoms with E-state index in [2.05, 4.69) is 12.6 Å². The standard InChI is InChI=1S/2C9H11NO2.C3H7NO2S/c2*10-8(9(11)12)6-7-4-2-1-3-5-7;4-2(1-7)3(5)6/h2*1-5,8H,6,10H2,(H,11,12);2,7H,1,4H2,(H,5,6)/t2*8-;2-/m000/s1. The van der Waals surface area contributed by atoms with Crippen LogP contribution >= 0.6 is 12.6 Å². The Hall–Kier alpha value is -2.92. The maximum Gasteiger partial charge on any atom is 0.321 e. The summed E-state index contributed by atoms with van der Waals surface area (Å²) in [5.74, 6) is -2.73. The second-order valence-electron chi connectivity index (χ2n) is 6.40. The molecule has 0 saturated carbocycles. The predicted molar refractivity (Wildman–Crippen MR) is 121 cm³/mol. The summed E-state index contributed by atoms with van der Waals surface area (Å²) in [6.07, 6.45) is 0.770. The van der Waals surface area contributed by atoms with Gasteiger partial charge in [0.15, 0.2) is 0 Å². The number of carboxylic acid groups (broad SMARTS) is 3. The van der Waals surface area contributed by atoms with Gasteiger partial charge in [0.25, 0.3) is 0 Å². The first-order chi connectivity index (χ1) is 14.6. The van der Waals surface area contributed by atoms with E-state index in [-0.39, 0.29) is 5.75 Å². The monoisotopic (exact) mass is 451 g/mol. The molecule has 0 heterocycles. The van der Waals surface area contributed by atoms with E-state index in [0.717, 1.165) is 11.1 Å². The molecule has 0 amide bonds. The molecule has 2 rings (SSSR count). The van der Waals surface area contributed by atoms with Crippen molar-refractivity contribution in [2.75, 3.05) is 5.75 Å². The molecule has 0 aromatic heterocycles. The third-order valence-corrected chi connectivity index (χ3v) is 4.14. The molecule has 2 aromatic carbocycles. The fraction of sp³-hybridized carbons (Fsp3) is 0.286. The zero-order valence-corrected chi connectivity index (χ0v) is 17.8. The molecule has 3 atom stereocenters. The van der Waals surface area contributed by atoms with Gasteiger partial charge in [-0.1, -0.05) is 60.7 Å². The molecular formula is C21H29N3O6S. The van der Waals surface area contributed by atoms with Crippen molar-refractivity contribution in [3.05, 3.63) is 71.8 Å². The Morgan fingerprint density at radius 2 is 0.935 bits per heavy atom. The van der Waals surface area contributed by atoms with Gasteiger partial charge in [-0.15, -0.1) is 0 Å². The molecule has 0 aliphatic heterocycles. The first-order valence-electron chi connectivity index (χ1n) is 9.22. The minimum absolute atomic E-state index is 0.190. The van der Waals surface area contributed by atoms with E-state index in [1.807, 2.05) is 60.7 Å². The average Bonchev–Trinajstić information content (AvgIpc) is 2.75. The molecule has 0 saturated heterocycles. The smallest absolute Gasteiger partial charge is 0.321 e. The lowest BCUT2D eigenvalue weighted by Gasteiger charge is -2.04. The minimum atomic E-state index is -1.00. The summed E-state index contributed by atoms with van der Waals surface area (Å²) in [6, 6.07) is 16.3. The van der Waals surface area contributed by atoms with Crippen LogP contribution in [0.3, 0.4) is 0 Å². The van der Waals surface area contributed by atoms with Crippen LogP contribution in [0.1, 0.15) is 11.1 Å². The Morgan fingerprint density at radius 3 is 1.13 bits per heavy atom. The van der Waals surface area contributed by atoms with Crippen LogP contribution in [-0.4, -0.2) is 57.1 Å². The molecule has 10 heteroatoms. The van der Waals surface area contributed by atoms with Crippen LogP contribution in [0.25, 0.3) is 0 Å². The summed E-state index contributed by atoms with van der Waals surface area (Å²) in [4.78, 5) is 30.5. The summed E-state index contributed by atoms with van der Waals surface area (Å²) in [5, 5.41) is 25.0. The highest BCUT2D eigenvalue weighted by Gasteiger charge is 2.11. The van der Waals surface area contributed by atoms with Crippen molar-refractivity contribution >= 4 is 30.5 Å². The lowest BCUT2D eigenvalue weighted by atomic mass is 10.1. The van der Waals surface area contributed by atoms with Gasteiger partial charge in [-0.25, -0.2) is 0 Å². The van der Waals surface area contributed by atoms with Gasteiger partial charge in [0.05, 0.1) is 0 Å². The van der Waals surface area contributed by atoms with Gasteiger partial charge in [-0.3, -0.25) is 14.4 Å². The maximum atomic E-state index is 10.4. The number of rotatable bonds is 8. The number of carbonyl (C=O) groups is 3. The van der Waals surface area contributed by atoms with Crippen LogP contribution in [0.15, 0.2) is 60.7 Å². The van der Waals surface area contributed by atoms with Crippen LogP contribution in [-0.2, 0) is 27.2 Å². The molecule has 9 N–H and O–H groups in total. The van der Waals surface area contributed by atoms with E-state index in [1.54, 1.807) is 0 Å². The molecule has 31 heavy (non-hydrogen) atoms. The normalized spacial score (nSPS) is 12.6. The van der Waals surface area contributed by atoms with Crippen LogP contribution in [0.5, 0.6) is 0 Å². The summed E-state index contributed by atoms with van der Waals surface area (Å²) >= 11 is 3.65. The van der Waals surface area contributed by atoms with Gasteiger partial charge >= 0.3 is 17.9 Å². The van der Waals surface area contributed by atoms with E-state index < -0.39 is 36.0 Å². The summed E-state index contributed by atoms with van der Waals surface area (Å²) < 4.78 is 0. The van der Waals surface area contributed by atoms with Crippen molar-refractivity contribution in [2.24, 2.45) is 17.2 Å². The fourth-order valence-electron chi connectivity index (χ4n) is 1.99. The Balaban J connectivity index is 0.000000454. The molecule has 9 nitrogen and oxygen atoms in total. The Morgan fingerprint density at radius 1 is 0.645 bits per heavy atom. The van der Waals surface area contributed by atoms with Crippen molar-refractivity contribution in [1.82, 2.24) is 0 Å². The van der Waals surface area contributed by atoms with Crippen molar-refractivity contribution < 1.29 is 29.7 Å². The number of hydrogen-bond donors (Lipinski definition) is 7. The Kier molecular flexibility index (Phi) is 14.4. The van der Waals surface area contributed by atoms with E-state index >= 15 is 0 Å². The molecule has 0 unspecified atom stereocenters. The highest BCUT2D eigenvalue weighted by atomic mass is 32.1. The number of benzene rings is 2. The van der Waals surface area contributed by atoms with Crippen LogP contribution < -0.4 is 17.2 Å². The molecule has 0 spiro atoms. The van der Waals surface area contributed by atoms with Crippen LogP contribution in [0, 0.1) is 0 Å². The first-order valence-corrected chi connectivity index (χ1v) is 9.85.